The minimum absolute atomic E-state index is 0.590. The third-order valence-corrected chi connectivity index (χ3v) is 3.68. The SMILES string of the molecule is Cc1nc2ccc(Cl)cn2c1NC1CCCC1. The first-order chi connectivity index (χ1) is 8.24. The van der Waals surface area contributed by atoms with Gasteiger partial charge in [-0.3, -0.25) is 4.40 Å². The van der Waals surface area contributed by atoms with Gasteiger partial charge >= 0.3 is 0 Å². The summed E-state index contributed by atoms with van der Waals surface area (Å²) in [5.41, 5.74) is 1.99. The van der Waals surface area contributed by atoms with Crippen LogP contribution in [0.3, 0.4) is 0 Å². The second kappa shape index (κ2) is 4.22. The Kier molecular flexibility index (Phi) is 2.71. The van der Waals surface area contributed by atoms with Crippen LogP contribution >= 0.6 is 11.6 Å². The zero-order valence-corrected chi connectivity index (χ0v) is 10.7. The topological polar surface area (TPSA) is 29.3 Å². The Balaban J connectivity index is 2.01. The van der Waals surface area contributed by atoms with Crippen molar-refractivity contribution in [2.24, 2.45) is 0 Å². The van der Waals surface area contributed by atoms with Gasteiger partial charge in [-0.2, -0.15) is 0 Å². The van der Waals surface area contributed by atoms with Crippen molar-refractivity contribution in [2.75, 3.05) is 5.32 Å². The van der Waals surface area contributed by atoms with Crippen LogP contribution in [0.2, 0.25) is 5.02 Å². The maximum Gasteiger partial charge on any atom is 0.138 e. The van der Waals surface area contributed by atoms with Crippen molar-refractivity contribution in [3.63, 3.8) is 0 Å². The first kappa shape index (κ1) is 10.9. The molecule has 17 heavy (non-hydrogen) atoms. The van der Waals surface area contributed by atoms with E-state index in [1.54, 1.807) is 0 Å². The average Bonchev–Trinajstić information content (AvgIpc) is 2.90. The number of hydrogen-bond acceptors (Lipinski definition) is 2. The van der Waals surface area contributed by atoms with E-state index in [0.29, 0.717) is 6.04 Å². The zero-order valence-electron chi connectivity index (χ0n) is 9.91. The highest BCUT2D eigenvalue weighted by atomic mass is 35.5. The fourth-order valence-corrected chi connectivity index (χ4v) is 2.73. The monoisotopic (exact) mass is 249 g/mol. The number of fused-ring (bicyclic) bond motifs is 1. The number of aryl methyl sites for hydroxylation is 1. The largest absolute Gasteiger partial charge is 0.367 e. The molecule has 1 N–H and O–H groups in total. The Bertz CT molecular complexity index is 541. The number of halogens is 1. The van der Waals surface area contributed by atoms with Gasteiger partial charge in [0.25, 0.3) is 0 Å². The van der Waals surface area contributed by atoms with Gasteiger partial charge in [0, 0.05) is 12.2 Å². The molecule has 0 bridgehead atoms. The zero-order chi connectivity index (χ0) is 11.8. The van der Waals surface area contributed by atoms with Gasteiger partial charge in [-0.1, -0.05) is 24.4 Å². The highest BCUT2D eigenvalue weighted by molar-refractivity contribution is 6.30. The lowest BCUT2D eigenvalue weighted by atomic mass is 10.2. The van der Waals surface area contributed by atoms with E-state index in [1.165, 1.54) is 25.7 Å². The van der Waals surface area contributed by atoms with Crippen LogP contribution in [0.25, 0.3) is 5.65 Å². The van der Waals surface area contributed by atoms with Crippen LogP contribution in [0.5, 0.6) is 0 Å². The average molecular weight is 250 g/mol. The molecule has 0 amide bonds. The van der Waals surface area contributed by atoms with Crippen LogP contribution in [-0.2, 0) is 0 Å². The number of rotatable bonds is 2. The lowest BCUT2D eigenvalue weighted by Crippen LogP contribution is -2.16. The van der Waals surface area contributed by atoms with Crippen LogP contribution in [-0.4, -0.2) is 15.4 Å². The van der Waals surface area contributed by atoms with Gasteiger partial charge in [0.1, 0.15) is 11.5 Å². The lowest BCUT2D eigenvalue weighted by molar-refractivity contribution is 0.747. The summed E-state index contributed by atoms with van der Waals surface area (Å²) < 4.78 is 2.05. The van der Waals surface area contributed by atoms with Gasteiger partial charge in [-0.05, 0) is 31.9 Å². The molecule has 90 valence electrons. The smallest absolute Gasteiger partial charge is 0.138 e. The second-order valence-corrected chi connectivity index (χ2v) is 5.18. The lowest BCUT2D eigenvalue weighted by Gasteiger charge is -2.13. The number of nitrogens with zero attached hydrogens (tertiary/aromatic N) is 2. The summed E-state index contributed by atoms with van der Waals surface area (Å²) in [7, 11) is 0. The molecule has 1 saturated carbocycles. The van der Waals surface area contributed by atoms with E-state index >= 15 is 0 Å². The van der Waals surface area contributed by atoms with Crippen molar-refractivity contribution < 1.29 is 0 Å². The fraction of sp³-hybridized carbons (Fsp3) is 0.462. The van der Waals surface area contributed by atoms with Gasteiger partial charge in [0.15, 0.2) is 0 Å². The van der Waals surface area contributed by atoms with Crippen molar-refractivity contribution in [2.45, 2.75) is 38.6 Å². The quantitative estimate of drug-likeness (QED) is 0.880. The van der Waals surface area contributed by atoms with Gasteiger partial charge < -0.3 is 5.32 Å². The molecule has 0 spiro atoms. The van der Waals surface area contributed by atoms with E-state index in [9.17, 15) is 0 Å². The van der Waals surface area contributed by atoms with Crippen LogP contribution in [0, 0.1) is 6.92 Å². The van der Waals surface area contributed by atoms with Crippen LogP contribution in [0.1, 0.15) is 31.4 Å². The summed E-state index contributed by atoms with van der Waals surface area (Å²) in [5, 5.41) is 4.34. The standard InChI is InChI=1S/C13H16ClN3/c1-9-13(16-11-4-2-3-5-11)17-8-10(14)6-7-12(17)15-9/h6-8,11,16H,2-5H2,1H3. The number of anilines is 1. The van der Waals surface area contributed by atoms with Crippen molar-refractivity contribution in [3.05, 3.63) is 29.0 Å². The van der Waals surface area contributed by atoms with E-state index in [0.717, 1.165) is 22.2 Å². The molecule has 2 aromatic heterocycles. The molecule has 1 fully saturated rings. The summed E-state index contributed by atoms with van der Waals surface area (Å²) in [6, 6.07) is 4.42. The highest BCUT2D eigenvalue weighted by Gasteiger charge is 2.17. The third kappa shape index (κ3) is 2.00. The number of nitrogens with one attached hydrogen (secondary N) is 1. The fourth-order valence-electron chi connectivity index (χ4n) is 2.57. The van der Waals surface area contributed by atoms with Crippen molar-refractivity contribution in [1.29, 1.82) is 0 Å². The molecule has 0 unspecified atom stereocenters. The minimum Gasteiger partial charge on any atom is -0.367 e. The molecule has 4 heteroatoms. The number of imidazole rings is 1. The van der Waals surface area contributed by atoms with E-state index in [1.807, 2.05) is 25.3 Å². The van der Waals surface area contributed by atoms with E-state index in [-0.39, 0.29) is 0 Å². The molecule has 1 aliphatic rings. The Morgan fingerprint density at radius 2 is 2.12 bits per heavy atom. The molecule has 1 aliphatic carbocycles. The van der Waals surface area contributed by atoms with E-state index in [4.69, 9.17) is 11.6 Å². The minimum atomic E-state index is 0.590. The van der Waals surface area contributed by atoms with Crippen LogP contribution in [0.15, 0.2) is 18.3 Å². The Labute approximate surface area is 106 Å². The summed E-state index contributed by atoms with van der Waals surface area (Å²) >= 11 is 6.04. The predicted molar refractivity (Wildman–Crippen MR) is 70.8 cm³/mol. The van der Waals surface area contributed by atoms with Gasteiger partial charge in [-0.25, -0.2) is 4.98 Å². The van der Waals surface area contributed by atoms with Crippen LogP contribution in [0.4, 0.5) is 5.82 Å². The number of aromatic nitrogens is 2. The molecule has 0 aromatic carbocycles. The highest BCUT2D eigenvalue weighted by Crippen LogP contribution is 2.25. The van der Waals surface area contributed by atoms with Gasteiger partial charge in [0.05, 0.1) is 10.7 Å². The Hall–Kier alpha value is -1.22. The predicted octanol–water partition coefficient (Wildman–Crippen LogP) is 3.65. The maximum absolute atomic E-state index is 6.04. The molecule has 3 rings (SSSR count). The van der Waals surface area contributed by atoms with Gasteiger partial charge in [-0.15, -0.1) is 0 Å². The molecule has 0 saturated heterocycles. The van der Waals surface area contributed by atoms with Crippen molar-refractivity contribution >= 4 is 23.1 Å². The number of hydrogen-bond donors (Lipinski definition) is 1. The summed E-state index contributed by atoms with van der Waals surface area (Å²) in [6.07, 6.45) is 7.09. The van der Waals surface area contributed by atoms with E-state index in [2.05, 4.69) is 14.7 Å². The van der Waals surface area contributed by atoms with Gasteiger partial charge in [0.2, 0.25) is 0 Å². The molecule has 0 atom stereocenters. The van der Waals surface area contributed by atoms with E-state index < -0.39 is 0 Å². The Morgan fingerprint density at radius 1 is 1.35 bits per heavy atom. The van der Waals surface area contributed by atoms with Crippen molar-refractivity contribution in [3.8, 4) is 0 Å². The molecular formula is C13H16ClN3. The molecule has 0 radical (unpaired) electrons. The first-order valence-corrected chi connectivity index (χ1v) is 6.52. The summed E-state index contributed by atoms with van der Waals surface area (Å²) in [6.45, 7) is 2.04. The Morgan fingerprint density at radius 3 is 2.88 bits per heavy atom. The molecular weight excluding hydrogens is 234 g/mol. The molecule has 2 heterocycles. The molecule has 0 aliphatic heterocycles. The van der Waals surface area contributed by atoms with Crippen molar-refractivity contribution in [1.82, 2.24) is 9.38 Å². The molecule has 3 nitrogen and oxygen atoms in total. The first-order valence-electron chi connectivity index (χ1n) is 6.15. The summed E-state index contributed by atoms with van der Waals surface area (Å²) in [4.78, 5) is 4.54. The summed E-state index contributed by atoms with van der Waals surface area (Å²) in [5.74, 6) is 1.09. The molecule has 2 aromatic rings. The number of pyridine rings is 1. The maximum atomic E-state index is 6.04. The third-order valence-electron chi connectivity index (χ3n) is 3.45. The second-order valence-electron chi connectivity index (χ2n) is 4.75. The van der Waals surface area contributed by atoms with Crippen LogP contribution < -0.4 is 5.32 Å². The normalized spacial score (nSPS) is 16.8.